The highest BCUT2D eigenvalue weighted by molar-refractivity contribution is 7.90. The van der Waals surface area contributed by atoms with Gasteiger partial charge >= 0.3 is 0 Å². The highest BCUT2D eigenvalue weighted by Crippen LogP contribution is 2.25. The number of nitrogens with one attached hydrogen (secondary N) is 1. The molecule has 0 saturated heterocycles. The molecular formula is C16H19NO3S. The first-order valence-electron chi connectivity index (χ1n) is 6.63. The number of benzene rings is 2. The van der Waals surface area contributed by atoms with Crippen LogP contribution in [-0.4, -0.2) is 19.8 Å². The SMILES string of the molecule is Cc1ccc(S(C)(=O)=O)cc1NC(C)c1ccc(O)cc1. The maximum Gasteiger partial charge on any atom is 0.175 e. The van der Waals surface area contributed by atoms with Gasteiger partial charge in [-0.1, -0.05) is 18.2 Å². The Labute approximate surface area is 125 Å². The maximum atomic E-state index is 11.6. The van der Waals surface area contributed by atoms with Crippen molar-refractivity contribution in [2.24, 2.45) is 0 Å². The second kappa shape index (κ2) is 5.77. The first-order chi connectivity index (χ1) is 9.77. The average molecular weight is 305 g/mol. The molecule has 2 rings (SSSR count). The number of anilines is 1. The van der Waals surface area contributed by atoms with Crippen LogP contribution in [0, 0.1) is 6.92 Å². The average Bonchev–Trinajstić information content (AvgIpc) is 2.40. The van der Waals surface area contributed by atoms with E-state index in [-0.39, 0.29) is 11.8 Å². The van der Waals surface area contributed by atoms with Crippen LogP contribution in [-0.2, 0) is 9.84 Å². The predicted molar refractivity (Wildman–Crippen MR) is 84.4 cm³/mol. The number of aryl methyl sites for hydroxylation is 1. The topological polar surface area (TPSA) is 66.4 Å². The Morgan fingerprint density at radius 2 is 1.71 bits per heavy atom. The van der Waals surface area contributed by atoms with Crippen molar-refractivity contribution < 1.29 is 13.5 Å². The summed E-state index contributed by atoms with van der Waals surface area (Å²) in [5, 5.41) is 12.6. The van der Waals surface area contributed by atoms with E-state index in [1.807, 2.05) is 26.0 Å². The third-order valence-electron chi connectivity index (χ3n) is 3.40. The van der Waals surface area contributed by atoms with Crippen LogP contribution in [0.2, 0.25) is 0 Å². The summed E-state index contributed by atoms with van der Waals surface area (Å²) in [7, 11) is -3.22. The fourth-order valence-corrected chi connectivity index (χ4v) is 2.71. The molecule has 0 saturated carbocycles. The molecule has 2 aromatic carbocycles. The number of phenols is 1. The zero-order chi connectivity index (χ0) is 15.6. The van der Waals surface area contributed by atoms with Crippen LogP contribution < -0.4 is 5.32 Å². The lowest BCUT2D eigenvalue weighted by Gasteiger charge is -2.18. The fraction of sp³-hybridized carbons (Fsp3) is 0.250. The van der Waals surface area contributed by atoms with E-state index in [1.54, 1.807) is 30.3 Å². The van der Waals surface area contributed by atoms with Gasteiger partial charge in [-0.2, -0.15) is 0 Å². The minimum absolute atomic E-state index is 0.000824. The molecular weight excluding hydrogens is 286 g/mol. The summed E-state index contributed by atoms with van der Waals surface area (Å²) < 4.78 is 23.3. The molecule has 2 N–H and O–H groups in total. The first-order valence-corrected chi connectivity index (χ1v) is 8.52. The Kier molecular flexibility index (Phi) is 4.23. The Hall–Kier alpha value is -2.01. The van der Waals surface area contributed by atoms with Gasteiger partial charge in [-0.25, -0.2) is 8.42 Å². The Morgan fingerprint density at radius 3 is 2.29 bits per heavy atom. The molecule has 5 heteroatoms. The maximum absolute atomic E-state index is 11.6. The fourth-order valence-electron chi connectivity index (χ4n) is 2.07. The zero-order valence-electron chi connectivity index (χ0n) is 12.3. The van der Waals surface area contributed by atoms with Crippen LogP contribution in [0.15, 0.2) is 47.4 Å². The van der Waals surface area contributed by atoms with Crippen molar-refractivity contribution in [2.75, 3.05) is 11.6 Å². The van der Waals surface area contributed by atoms with Crippen LogP contribution >= 0.6 is 0 Å². The largest absolute Gasteiger partial charge is 0.508 e. The van der Waals surface area contributed by atoms with Gasteiger partial charge < -0.3 is 10.4 Å². The van der Waals surface area contributed by atoms with E-state index < -0.39 is 9.84 Å². The molecule has 112 valence electrons. The van der Waals surface area contributed by atoms with E-state index in [0.29, 0.717) is 4.90 Å². The van der Waals surface area contributed by atoms with Crippen LogP contribution in [0.5, 0.6) is 5.75 Å². The Balaban J connectivity index is 2.28. The highest BCUT2D eigenvalue weighted by Gasteiger charge is 2.12. The lowest BCUT2D eigenvalue weighted by atomic mass is 10.1. The number of sulfone groups is 1. The summed E-state index contributed by atoms with van der Waals surface area (Å²) in [6, 6.07) is 12.0. The van der Waals surface area contributed by atoms with Gasteiger partial charge in [-0.15, -0.1) is 0 Å². The van der Waals surface area contributed by atoms with Crippen molar-refractivity contribution in [3.05, 3.63) is 53.6 Å². The summed E-state index contributed by atoms with van der Waals surface area (Å²) in [6.45, 7) is 3.91. The second-order valence-electron chi connectivity index (χ2n) is 5.21. The van der Waals surface area contributed by atoms with E-state index >= 15 is 0 Å². The molecule has 1 unspecified atom stereocenters. The van der Waals surface area contributed by atoms with Gasteiger partial charge in [-0.05, 0) is 49.2 Å². The minimum Gasteiger partial charge on any atom is -0.508 e. The number of phenolic OH excluding ortho intramolecular Hbond substituents is 1. The van der Waals surface area contributed by atoms with Gasteiger partial charge in [0.05, 0.1) is 4.90 Å². The molecule has 1 atom stereocenters. The van der Waals surface area contributed by atoms with E-state index in [4.69, 9.17) is 0 Å². The Bertz CT molecular complexity index is 737. The molecule has 2 aromatic rings. The number of rotatable bonds is 4. The van der Waals surface area contributed by atoms with Crippen molar-refractivity contribution in [2.45, 2.75) is 24.8 Å². The van der Waals surface area contributed by atoms with Gasteiger partial charge in [0, 0.05) is 18.0 Å². The van der Waals surface area contributed by atoms with Gasteiger partial charge in [0.25, 0.3) is 0 Å². The lowest BCUT2D eigenvalue weighted by Crippen LogP contribution is -2.08. The van der Waals surface area contributed by atoms with Crippen LogP contribution in [0.3, 0.4) is 0 Å². The molecule has 0 spiro atoms. The summed E-state index contributed by atoms with van der Waals surface area (Å²) in [4.78, 5) is 0.300. The van der Waals surface area contributed by atoms with Crippen molar-refractivity contribution in [3.63, 3.8) is 0 Å². The molecule has 21 heavy (non-hydrogen) atoms. The quantitative estimate of drug-likeness (QED) is 0.909. The van der Waals surface area contributed by atoms with Crippen LogP contribution in [0.25, 0.3) is 0 Å². The molecule has 0 aromatic heterocycles. The summed E-state index contributed by atoms with van der Waals surface area (Å²) in [6.07, 6.45) is 1.20. The van der Waals surface area contributed by atoms with Crippen molar-refractivity contribution >= 4 is 15.5 Å². The van der Waals surface area contributed by atoms with E-state index in [9.17, 15) is 13.5 Å². The van der Waals surface area contributed by atoms with E-state index in [0.717, 1.165) is 16.8 Å². The smallest absolute Gasteiger partial charge is 0.175 e. The monoisotopic (exact) mass is 305 g/mol. The van der Waals surface area contributed by atoms with Gasteiger partial charge in [0.1, 0.15) is 5.75 Å². The first kappa shape index (κ1) is 15.4. The van der Waals surface area contributed by atoms with Gasteiger partial charge in [0.2, 0.25) is 0 Å². The number of hydrogen-bond donors (Lipinski definition) is 2. The van der Waals surface area contributed by atoms with Gasteiger partial charge in [-0.3, -0.25) is 0 Å². The standard InChI is InChI=1S/C16H19NO3S/c1-11-4-9-15(21(3,19)20)10-16(11)17-12(2)13-5-7-14(18)8-6-13/h4-10,12,17-18H,1-3H3. The Morgan fingerprint density at radius 1 is 1.10 bits per heavy atom. The summed E-state index contributed by atoms with van der Waals surface area (Å²) in [5.41, 5.74) is 2.78. The molecule has 0 aliphatic rings. The molecule has 0 aliphatic carbocycles. The normalized spacial score (nSPS) is 12.9. The number of hydrogen-bond acceptors (Lipinski definition) is 4. The van der Waals surface area contributed by atoms with Crippen molar-refractivity contribution in [1.29, 1.82) is 0 Å². The molecule has 0 fully saturated rings. The van der Waals surface area contributed by atoms with E-state index in [2.05, 4.69) is 5.32 Å². The third-order valence-corrected chi connectivity index (χ3v) is 4.51. The molecule has 0 bridgehead atoms. The predicted octanol–water partition coefficient (Wildman–Crippen LogP) is 3.28. The minimum atomic E-state index is -3.22. The number of aromatic hydroxyl groups is 1. The summed E-state index contributed by atoms with van der Waals surface area (Å²) >= 11 is 0. The van der Waals surface area contributed by atoms with Crippen LogP contribution in [0.1, 0.15) is 24.1 Å². The molecule has 4 nitrogen and oxygen atoms in total. The highest BCUT2D eigenvalue weighted by atomic mass is 32.2. The summed E-state index contributed by atoms with van der Waals surface area (Å²) in [5.74, 6) is 0.223. The van der Waals surface area contributed by atoms with E-state index in [1.165, 1.54) is 6.26 Å². The zero-order valence-corrected chi connectivity index (χ0v) is 13.1. The van der Waals surface area contributed by atoms with Crippen molar-refractivity contribution in [1.82, 2.24) is 0 Å². The van der Waals surface area contributed by atoms with Crippen LogP contribution in [0.4, 0.5) is 5.69 Å². The third kappa shape index (κ3) is 3.76. The molecule has 0 aliphatic heterocycles. The molecule has 0 heterocycles. The molecule has 0 amide bonds. The molecule has 0 radical (unpaired) electrons. The van der Waals surface area contributed by atoms with Gasteiger partial charge in [0.15, 0.2) is 9.84 Å². The second-order valence-corrected chi connectivity index (χ2v) is 7.22. The van der Waals surface area contributed by atoms with Crippen molar-refractivity contribution in [3.8, 4) is 5.75 Å². The lowest BCUT2D eigenvalue weighted by molar-refractivity contribution is 0.475.